The van der Waals surface area contributed by atoms with Crippen molar-refractivity contribution in [1.82, 2.24) is 0 Å². The predicted molar refractivity (Wildman–Crippen MR) is 152 cm³/mol. The lowest BCUT2D eigenvalue weighted by Crippen LogP contribution is -2.70. The molecule has 196 valence electrons. The zero-order chi connectivity index (χ0) is 27.3. The van der Waals surface area contributed by atoms with Gasteiger partial charge in [-0.15, -0.1) is 0 Å². The Labute approximate surface area is 275 Å². The summed E-state index contributed by atoms with van der Waals surface area (Å²) in [5.74, 6) is -0.761. The largest absolute Gasteiger partial charge is 0.462 e. The van der Waals surface area contributed by atoms with Crippen molar-refractivity contribution < 1.29 is 9.53 Å². The molecule has 0 fully saturated rings. The molecule has 19 heteroatoms. The van der Waals surface area contributed by atoms with Crippen molar-refractivity contribution in [2.45, 2.75) is 47.5 Å². The van der Waals surface area contributed by atoms with E-state index < -0.39 is 53.1 Å². The van der Waals surface area contributed by atoms with Gasteiger partial charge < -0.3 is 4.74 Å². The standard InChI is InChI=1S/C14H9Cl17O2/c1-5(2)6(32)33-4-3-7(15,16)8(17,18)9(19,20)10(21,22)11(23,24)12(25,26)13(27,28)14(29,30)31/h1,3-4H2,2H3. The van der Waals surface area contributed by atoms with E-state index >= 15 is 0 Å². The van der Waals surface area contributed by atoms with Crippen molar-refractivity contribution in [2.24, 2.45) is 0 Å². The van der Waals surface area contributed by atoms with Crippen LogP contribution < -0.4 is 0 Å². The summed E-state index contributed by atoms with van der Waals surface area (Å²) in [7, 11) is 0. The number of alkyl halides is 17. The summed E-state index contributed by atoms with van der Waals surface area (Å²) in [6.45, 7) is 4.38. The molecule has 0 rings (SSSR count). The van der Waals surface area contributed by atoms with E-state index in [1.807, 2.05) is 0 Å². The highest BCUT2D eigenvalue weighted by Crippen LogP contribution is 2.72. The first-order chi connectivity index (χ1) is 14.1. The normalized spacial score (nSPS) is 15.5. The highest BCUT2D eigenvalue weighted by Gasteiger charge is 2.81. The molecule has 0 atom stereocenters. The number of carbonyl (C=O) groups excluding carboxylic acids is 1. The second-order valence-electron chi connectivity index (χ2n) is 6.31. The third kappa shape index (κ3) is 6.90. The van der Waals surface area contributed by atoms with Gasteiger partial charge in [-0.1, -0.05) is 204 Å². The van der Waals surface area contributed by atoms with Crippen molar-refractivity contribution >= 4 is 203 Å². The maximum absolute atomic E-state index is 11.6. The van der Waals surface area contributed by atoms with Gasteiger partial charge in [-0.2, -0.15) is 0 Å². The van der Waals surface area contributed by atoms with E-state index in [0.717, 1.165) is 0 Å². The first-order valence-corrected chi connectivity index (χ1v) is 14.0. The van der Waals surface area contributed by atoms with Crippen molar-refractivity contribution in [3.63, 3.8) is 0 Å². The smallest absolute Gasteiger partial charge is 0.333 e. The second kappa shape index (κ2) is 11.9. The zero-order valence-corrected chi connectivity index (χ0v) is 28.2. The van der Waals surface area contributed by atoms with Gasteiger partial charge in [0.1, 0.15) is 0 Å². The maximum Gasteiger partial charge on any atom is 0.333 e. The summed E-state index contributed by atoms with van der Waals surface area (Å²) in [5, 5.41) is 0. The van der Waals surface area contributed by atoms with Gasteiger partial charge in [0.15, 0.2) is 26.0 Å². The lowest BCUT2D eigenvalue weighted by Gasteiger charge is -2.54. The van der Waals surface area contributed by atoms with E-state index in [0.29, 0.717) is 0 Å². The average Bonchev–Trinajstić information content (AvgIpc) is 2.59. The number of hydrogen-bond donors (Lipinski definition) is 0. The summed E-state index contributed by atoms with van der Waals surface area (Å²) in [6.07, 6.45) is -0.471. The monoisotopic (exact) mass is 804 g/mol. The Morgan fingerprint density at radius 3 is 1.21 bits per heavy atom. The molecule has 0 radical (unpaired) electrons. The molecular weight excluding hydrogens is 803 g/mol. The predicted octanol–water partition coefficient (Wildman–Crippen LogP) is 11.1. The van der Waals surface area contributed by atoms with Crippen LogP contribution in [-0.4, -0.2) is 46.7 Å². The Bertz CT molecular complexity index is 749. The van der Waals surface area contributed by atoms with Crippen LogP contribution in [0.4, 0.5) is 0 Å². The highest BCUT2D eigenvalue weighted by molar-refractivity contribution is 6.83. The van der Waals surface area contributed by atoms with E-state index in [2.05, 4.69) is 6.58 Å². The molecule has 0 aliphatic rings. The number of halogens is 17. The van der Waals surface area contributed by atoms with Crippen LogP contribution in [0.15, 0.2) is 12.2 Å². The fourth-order valence-electron chi connectivity index (χ4n) is 1.75. The highest BCUT2D eigenvalue weighted by atomic mass is 35.6. The van der Waals surface area contributed by atoms with Gasteiger partial charge in [0.2, 0.25) is 8.13 Å². The molecule has 0 aliphatic carbocycles. The Hall–Kier alpha value is 4.14. The lowest BCUT2D eigenvalue weighted by atomic mass is 10.0. The molecule has 2 nitrogen and oxygen atoms in total. The molecule has 0 N–H and O–H groups in total. The zero-order valence-electron chi connectivity index (χ0n) is 15.4. The van der Waals surface area contributed by atoms with Crippen molar-refractivity contribution in [3.8, 4) is 0 Å². The molecule has 0 saturated carbocycles. The van der Waals surface area contributed by atoms with Crippen LogP contribution in [-0.2, 0) is 9.53 Å². The number of ether oxygens (including phenoxy) is 1. The topological polar surface area (TPSA) is 26.3 Å². The molecule has 0 aliphatic heterocycles. The van der Waals surface area contributed by atoms with Crippen LogP contribution in [0.1, 0.15) is 13.3 Å². The van der Waals surface area contributed by atoms with Crippen LogP contribution in [0.25, 0.3) is 0 Å². The summed E-state index contributed by atoms with van der Waals surface area (Å²) in [4.78, 5) is 11.6. The van der Waals surface area contributed by atoms with E-state index in [-0.39, 0.29) is 5.57 Å². The molecule has 0 unspecified atom stereocenters. The fourth-order valence-corrected chi connectivity index (χ4v) is 6.93. The van der Waals surface area contributed by atoms with Crippen LogP contribution in [0.3, 0.4) is 0 Å². The molecule has 0 aromatic rings. The minimum absolute atomic E-state index is 0.0894. The van der Waals surface area contributed by atoms with E-state index in [9.17, 15) is 4.79 Å². The van der Waals surface area contributed by atoms with Gasteiger partial charge in [0.25, 0.3) is 0 Å². The first kappa shape index (κ1) is 37.1. The quantitative estimate of drug-likeness (QED) is 0.125. The van der Waals surface area contributed by atoms with E-state index in [1.54, 1.807) is 0 Å². The molecule has 33 heavy (non-hydrogen) atoms. The van der Waals surface area contributed by atoms with E-state index in [1.165, 1.54) is 6.92 Å². The third-order valence-corrected chi connectivity index (χ3v) is 15.4. The molecular formula is C14H9Cl17O2. The minimum Gasteiger partial charge on any atom is -0.462 e. The van der Waals surface area contributed by atoms with Crippen LogP contribution in [0, 0.1) is 0 Å². The molecule has 0 spiro atoms. The Balaban J connectivity index is 6.36. The van der Waals surface area contributed by atoms with Gasteiger partial charge in [0, 0.05) is 12.0 Å². The number of rotatable bonds is 10. The van der Waals surface area contributed by atoms with Crippen molar-refractivity contribution in [1.29, 1.82) is 0 Å². The van der Waals surface area contributed by atoms with Gasteiger partial charge in [-0.3, -0.25) is 0 Å². The van der Waals surface area contributed by atoms with Crippen molar-refractivity contribution in [3.05, 3.63) is 12.2 Å². The molecule has 0 amide bonds. The number of esters is 1. The molecule has 0 heterocycles. The Kier molecular flexibility index (Phi) is 13.4. The average molecular weight is 812 g/mol. The molecule has 0 bridgehead atoms. The summed E-state index contributed by atoms with van der Waals surface area (Å²) in [6, 6.07) is 0. The first-order valence-electron chi connectivity index (χ1n) is 7.62. The van der Waals surface area contributed by atoms with E-state index in [4.69, 9.17) is 202 Å². The minimum atomic E-state index is -3.03. The molecule has 0 saturated heterocycles. The van der Waals surface area contributed by atoms with Gasteiger partial charge in [-0.25, -0.2) is 4.79 Å². The second-order valence-corrected chi connectivity index (χ2v) is 18.0. The van der Waals surface area contributed by atoms with Crippen LogP contribution in [0.5, 0.6) is 0 Å². The van der Waals surface area contributed by atoms with Gasteiger partial charge in [-0.05, 0) is 6.92 Å². The fraction of sp³-hybridized carbons (Fsp3) is 0.786. The molecule has 0 aromatic carbocycles. The molecule has 0 aromatic heterocycles. The summed E-state index contributed by atoms with van der Waals surface area (Å²) < 4.78 is -17.6. The SMILES string of the molecule is C=C(C)C(=O)OCCC(Cl)(Cl)C(Cl)(Cl)C(Cl)(Cl)C(Cl)(Cl)C(Cl)(Cl)C(Cl)(Cl)C(Cl)(Cl)C(Cl)(Cl)Cl. The van der Waals surface area contributed by atoms with Crippen molar-refractivity contribution in [2.75, 3.05) is 6.61 Å². The number of hydrogen-bond acceptors (Lipinski definition) is 2. The number of carbonyl (C=O) groups is 1. The lowest BCUT2D eigenvalue weighted by molar-refractivity contribution is -0.139. The maximum atomic E-state index is 11.6. The van der Waals surface area contributed by atoms with Gasteiger partial charge >= 0.3 is 5.97 Å². The Morgan fingerprint density at radius 1 is 0.606 bits per heavy atom. The summed E-state index contributed by atoms with van der Waals surface area (Å²) >= 11 is 105. The Morgan fingerprint density at radius 2 is 0.909 bits per heavy atom. The van der Waals surface area contributed by atoms with Crippen LogP contribution >= 0.6 is 197 Å². The third-order valence-electron chi connectivity index (χ3n) is 3.78. The summed E-state index contributed by atoms with van der Waals surface area (Å²) in [5.41, 5.74) is 0.0894. The van der Waals surface area contributed by atoms with Gasteiger partial charge in [0.05, 0.1) is 6.61 Å². The van der Waals surface area contributed by atoms with Crippen LogP contribution in [0.2, 0.25) is 0 Å².